The van der Waals surface area contributed by atoms with Gasteiger partial charge in [-0.05, 0) is 79.8 Å². The summed E-state index contributed by atoms with van der Waals surface area (Å²) in [7, 11) is 0. The highest BCUT2D eigenvalue weighted by Gasteiger charge is 2.07. The second-order valence-electron chi connectivity index (χ2n) is 6.20. The van der Waals surface area contributed by atoms with Gasteiger partial charge in [-0.25, -0.2) is 0 Å². The molecule has 0 heterocycles. The van der Waals surface area contributed by atoms with E-state index in [9.17, 15) is 0 Å². The number of hydrogen-bond donors (Lipinski definition) is 0. The van der Waals surface area contributed by atoms with Crippen LogP contribution in [0.2, 0.25) is 0 Å². The minimum atomic E-state index is 0.621. The molecule has 0 saturated carbocycles. The maximum absolute atomic E-state index is 2.35. The van der Waals surface area contributed by atoms with Gasteiger partial charge >= 0.3 is 0 Å². The van der Waals surface area contributed by atoms with Gasteiger partial charge in [0.25, 0.3) is 0 Å². The van der Waals surface area contributed by atoms with Crippen LogP contribution in [0, 0.1) is 27.7 Å². The van der Waals surface area contributed by atoms with Crippen molar-refractivity contribution in [1.82, 2.24) is 0 Å². The summed E-state index contributed by atoms with van der Waals surface area (Å²) in [4.78, 5) is 0. The van der Waals surface area contributed by atoms with E-state index in [0.29, 0.717) is 5.92 Å². The van der Waals surface area contributed by atoms with E-state index < -0.39 is 0 Å². The van der Waals surface area contributed by atoms with Crippen LogP contribution in [-0.4, -0.2) is 0 Å². The first kappa shape index (κ1) is 14.8. The smallest absolute Gasteiger partial charge is 0.0187 e. The third-order valence-electron chi connectivity index (χ3n) is 4.54. The molecule has 1 unspecified atom stereocenters. The Kier molecular flexibility index (Phi) is 4.65. The van der Waals surface area contributed by atoms with Crippen molar-refractivity contribution < 1.29 is 0 Å². The molecule has 2 aromatic carbocycles. The maximum atomic E-state index is 2.35. The van der Waals surface area contributed by atoms with Gasteiger partial charge in [-0.1, -0.05) is 43.3 Å². The Balaban J connectivity index is 2.02. The second kappa shape index (κ2) is 6.26. The van der Waals surface area contributed by atoms with Crippen LogP contribution < -0.4 is 0 Å². The summed E-state index contributed by atoms with van der Waals surface area (Å²) in [5, 5.41) is 0. The van der Waals surface area contributed by atoms with Crippen molar-refractivity contribution >= 4 is 0 Å². The van der Waals surface area contributed by atoms with Gasteiger partial charge in [-0.2, -0.15) is 0 Å². The molecule has 0 fully saturated rings. The zero-order valence-electron chi connectivity index (χ0n) is 13.5. The van der Waals surface area contributed by atoms with E-state index in [0.717, 1.165) is 6.42 Å². The summed E-state index contributed by atoms with van der Waals surface area (Å²) >= 11 is 0. The minimum Gasteiger partial charge on any atom is -0.0588 e. The highest BCUT2D eigenvalue weighted by atomic mass is 14.1. The van der Waals surface area contributed by atoms with Crippen LogP contribution in [0.25, 0.3) is 0 Å². The molecule has 0 aliphatic heterocycles. The monoisotopic (exact) mass is 266 g/mol. The Bertz CT molecular complexity index is 593. The second-order valence-corrected chi connectivity index (χ2v) is 6.20. The molecule has 0 amide bonds. The Morgan fingerprint density at radius 3 is 1.95 bits per heavy atom. The van der Waals surface area contributed by atoms with Crippen LogP contribution in [0.4, 0.5) is 0 Å². The lowest BCUT2D eigenvalue weighted by molar-refractivity contribution is 0.678. The largest absolute Gasteiger partial charge is 0.0588 e. The Morgan fingerprint density at radius 1 is 0.750 bits per heavy atom. The normalized spacial score (nSPS) is 12.4. The molecule has 0 aliphatic carbocycles. The lowest BCUT2D eigenvalue weighted by Crippen LogP contribution is -1.98. The standard InChI is InChI=1S/C20H26/c1-14-6-9-19(12-17(14)4)10-7-16(3)20-11-8-15(2)18(5)13-20/h6,8-9,11-13,16H,7,10H2,1-5H3. The fourth-order valence-electron chi connectivity index (χ4n) is 2.58. The van der Waals surface area contributed by atoms with E-state index in [4.69, 9.17) is 0 Å². The maximum Gasteiger partial charge on any atom is -0.0187 e. The van der Waals surface area contributed by atoms with Crippen LogP contribution in [0.3, 0.4) is 0 Å². The van der Waals surface area contributed by atoms with Crippen molar-refractivity contribution in [2.45, 2.75) is 53.4 Å². The van der Waals surface area contributed by atoms with Crippen LogP contribution in [0.1, 0.15) is 52.6 Å². The fraction of sp³-hybridized carbons (Fsp3) is 0.400. The molecule has 0 saturated heterocycles. The molecule has 106 valence electrons. The van der Waals surface area contributed by atoms with Crippen molar-refractivity contribution in [3.63, 3.8) is 0 Å². The van der Waals surface area contributed by atoms with Crippen molar-refractivity contribution in [2.24, 2.45) is 0 Å². The molecule has 0 bridgehead atoms. The SMILES string of the molecule is Cc1ccc(CCC(C)c2ccc(C)c(C)c2)cc1C. The molecule has 20 heavy (non-hydrogen) atoms. The van der Waals surface area contributed by atoms with Crippen LogP contribution in [-0.2, 0) is 6.42 Å². The first-order chi connectivity index (χ1) is 9.47. The zero-order chi connectivity index (χ0) is 14.7. The molecule has 0 aliphatic rings. The van der Waals surface area contributed by atoms with E-state index in [2.05, 4.69) is 71.0 Å². The molecular formula is C20H26. The summed E-state index contributed by atoms with van der Waals surface area (Å²) < 4.78 is 0. The molecule has 0 radical (unpaired) electrons. The van der Waals surface area contributed by atoms with Crippen LogP contribution in [0.15, 0.2) is 36.4 Å². The predicted molar refractivity (Wildman–Crippen MR) is 88.6 cm³/mol. The van der Waals surface area contributed by atoms with E-state index in [1.807, 2.05) is 0 Å². The zero-order valence-corrected chi connectivity index (χ0v) is 13.5. The topological polar surface area (TPSA) is 0 Å². The molecule has 2 aromatic rings. The molecule has 2 rings (SSSR count). The average molecular weight is 266 g/mol. The molecule has 0 N–H and O–H groups in total. The van der Waals surface area contributed by atoms with Gasteiger partial charge in [0.15, 0.2) is 0 Å². The number of benzene rings is 2. The highest BCUT2D eigenvalue weighted by molar-refractivity contribution is 5.33. The molecular weight excluding hydrogens is 240 g/mol. The first-order valence-electron chi connectivity index (χ1n) is 7.60. The third kappa shape index (κ3) is 3.50. The summed E-state index contributed by atoms with van der Waals surface area (Å²) in [6.07, 6.45) is 2.38. The summed E-state index contributed by atoms with van der Waals surface area (Å²) in [6.45, 7) is 11.1. The Hall–Kier alpha value is -1.56. The van der Waals surface area contributed by atoms with Gasteiger partial charge in [0.05, 0.1) is 0 Å². The highest BCUT2D eigenvalue weighted by Crippen LogP contribution is 2.24. The molecule has 1 atom stereocenters. The molecule has 0 nitrogen and oxygen atoms in total. The lowest BCUT2D eigenvalue weighted by atomic mass is 9.91. The van der Waals surface area contributed by atoms with E-state index in [1.165, 1.54) is 39.8 Å². The fourth-order valence-corrected chi connectivity index (χ4v) is 2.58. The number of hydrogen-bond acceptors (Lipinski definition) is 0. The van der Waals surface area contributed by atoms with Crippen molar-refractivity contribution in [2.75, 3.05) is 0 Å². The van der Waals surface area contributed by atoms with Crippen LogP contribution in [0.5, 0.6) is 0 Å². The van der Waals surface area contributed by atoms with Gasteiger partial charge in [-0.3, -0.25) is 0 Å². The van der Waals surface area contributed by atoms with Crippen LogP contribution >= 0.6 is 0 Å². The number of aryl methyl sites for hydroxylation is 5. The first-order valence-corrected chi connectivity index (χ1v) is 7.60. The minimum absolute atomic E-state index is 0.621. The summed E-state index contributed by atoms with van der Waals surface area (Å²) in [5.74, 6) is 0.621. The van der Waals surface area contributed by atoms with E-state index in [-0.39, 0.29) is 0 Å². The Morgan fingerprint density at radius 2 is 1.35 bits per heavy atom. The quantitative estimate of drug-likeness (QED) is 0.670. The molecule has 0 spiro atoms. The van der Waals surface area contributed by atoms with Gasteiger partial charge in [0.1, 0.15) is 0 Å². The molecule has 0 aromatic heterocycles. The van der Waals surface area contributed by atoms with Gasteiger partial charge in [0.2, 0.25) is 0 Å². The average Bonchev–Trinajstić information content (AvgIpc) is 2.43. The summed E-state index contributed by atoms with van der Waals surface area (Å²) in [5.41, 5.74) is 8.51. The number of rotatable bonds is 4. The van der Waals surface area contributed by atoms with Gasteiger partial charge < -0.3 is 0 Å². The summed E-state index contributed by atoms with van der Waals surface area (Å²) in [6, 6.07) is 13.7. The predicted octanol–water partition coefficient (Wildman–Crippen LogP) is 5.66. The van der Waals surface area contributed by atoms with E-state index in [1.54, 1.807) is 0 Å². The lowest BCUT2D eigenvalue weighted by Gasteiger charge is -2.14. The van der Waals surface area contributed by atoms with Crippen molar-refractivity contribution in [3.8, 4) is 0 Å². The van der Waals surface area contributed by atoms with Crippen molar-refractivity contribution in [1.29, 1.82) is 0 Å². The van der Waals surface area contributed by atoms with Gasteiger partial charge in [-0.15, -0.1) is 0 Å². The third-order valence-corrected chi connectivity index (χ3v) is 4.54. The van der Waals surface area contributed by atoms with E-state index >= 15 is 0 Å². The van der Waals surface area contributed by atoms with Crippen molar-refractivity contribution in [3.05, 3.63) is 69.8 Å². The Labute approximate surface area is 123 Å². The van der Waals surface area contributed by atoms with Gasteiger partial charge in [0, 0.05) is 0 Å². The molecule has 0 heteroatoms.